The first-order chi connectivity index (χ1) is 34.9. The van der Waals surface area contributed by atoms with Crippen LogP contribution in [0.3, 0.4) is 0 Å². The van der Waals surface area contributed by atoms with E-state index in [0.717, 1.165) is 103 Å². The van der Waals surface area contributed by atoms with Crippen molar-refractivity contribution in [2.24, 2.45) is 0 Å². The molecule has 71 heavy (non-hydrogen) atoms. The van der Waals surface area contributed by atoms with Crippen LogP contribution in [0.5, 0.6) is 17.2 Å². The van der Waals surface area contributed by atoms with Crippen LogP contribution >= 0.6 is 11.3 Å². The van der Waals surface area contributed by atoms with Crippen LogP contribution in [0.4, 0.5) is 0 Å². The number of benzene rings is 6. The van der Waals surface area contributed by atoms with Gasteiger partial charge in [0.1, 0.15) is 22.3 Å². The van der Waals surface area contributed by atoms with Gasteiger partial charge < -0.3 is 28.8 Å². The second-order valence-electron chi connectivity index (χ2n) is 16.5. The molecule has 360 valence electrons. The number of hydrogen-bond donors (Lipinski definition) is 1. The molecule has 1 heterocycles. The molecule has 7 rings (SSSR count). The molecule has 0 spiro atoms. The average Bonchev–Trinajstić information content (AvgIpc) is 3.84. The van der Waals surface area contributed by atoms with Gasteiger partial charge in [-0.3, -0.25) is 0 Å². The predicted octanol–water partition coefficient (Wildman–Crippen LogP) is 13.6. The van der Waals surface area contributed by atoms with Gasteiger partial charge in [0.15, 0.2) is 0 Å². The van der Waals surface area contributed by atoms with Gasteiger partial charge in [-0.2, -0.15) is 0 Å². The molecule has 1 aromatic heterocycles. The predicted molar refractivity (Wildman–Crippen MR) is 284 cm³/mol. The van der Waals surface area contributed by atoms with Gasteiger partial charge in [-0.1, -0.05) is 66.9 Å². The number of nitrogens with zero attached hydrogens (tertiary/aromatic N) is 1. The Hall–Kier alpha value is -7.73. The lowest BCUT2D eigenvalue weighted by Gasteiger charge is -2.13. The van der Waals surface area contributed by atoms with Crippen molar-refractivity contribution in [1.82, 2.24) is 4.98 Å². The summed E-state index contributed by atoms with van der Waals surface area (Å²) >= 11 is 1.45. The van der Waals surface area contributed by atoms with Gasteiger partial charge in [0.2, 0.25) is 0 Å². The molecule has 0 bridgehead atoms. The Kier molecular flexibility index (Phi) is 19.8. The maximum atomic E-state index is 13.7. The number of carboxylic acids is 1. The summed E-state index contributed by atoms with van der Waals surface area (Å²) in [5.74, 6) is 13.0. The van der Waals surface area contributed by atoms with Crippen LogP contribution in [0.25, 0.3) is 31.9 Å². The monoisotopic (exact) mass is 963 g/mol. The molecule has 10 heteroatoms. The van der Waals surface area contributed by atoms with E-state index in [1.165, 1.54) is 11.3 Å². The zero-order chi connectivity index (χ0) is 49.5. The second-order valence-corrected chi connectivity index (χ2v) is 17.6. The number of ether oxygens (including phenoxy) is 5. The quantitative estimate of drug-likeness (QED) is 0.0197. The third-order valence-corrected chi connectivity index (χ3v) is 12.2. The van der Waals surface area contributed by atoms with Crippen molar-refractivity contribution in [3.63, 3.8) is 0 Å². The maximum absolute atomic E-state index is 13.7. The smallest absolute Gasteiger partial charge is 0.343 e. The number of unbranched alkanes of at least 4 members (excludes halogenated alkanes) is 6. The molecule has 6 aromatic carbocycles. The van der Waals surface area contributed by atoms with Gasteiger partial charge in [0.05, 0.1) is 53.3 Å². The lowest BCUT2D eigenvalue weighted by atomic mass is 9.95. The molecular weight excluding hydrogens is 907 g/mol. The number of carboxylic acid groups (broad SMARTS) is 1. The van der Waals surface area contributed by atoms with Crippen molar-refractivity contribution in [2.75, 3.05) is 39.6 Å². The molecule has 7 aromatic rings. The van der Waals surface area contributed by atoms with Crippen molar-refractivity contribution in [3.8, 4) is 62.6 Å². The third-order valence-electron chi connectivity index (χ3n) is 11.2. The first-order valence-corrected chi connectivity index (χ1v) is 24.8. The summed E-state index contributed by atoms with van der Waals surface area (Å²) in [6.45, 7) is 11.3. The molecular formula is C61H57NO8S. The van der Waals surface area contributed by atoms with Gasteiger partial charge in [-0.05, 0) is 165 Å². The number of esters is 1. The normalized spacial score (nSPS) is 10.6. The zero-order valence-corrected chi connectivity index (χ0v) is 40.6. The topological polar surface area (TPSA) is 113 Å². The van der Waals surface area contributed by atoms with Crippen LogP contribution < -0.4 is 14.2 Å². The number of carbonyl (C=O) groups excluding carboxylic acids is 1. The van der Waals surface area contributed by atoms with Gasteiger partial charge in [-0.15, -0.1) is 24.5 Å². The summed E-state index contributed by atoms with van der Waals surface area (Å²) in [7, 11) is 0. The first-order valence-electron chi connectivity index (χ1n) is 23.9. The third kappa shape index (κ3) is 15.9. The lowest BCUT2D eigenvalue weighted by Crippen LogP contribution is -2.09. The largest absolute Gasteiger partial charge is 0.494 e. The van der Waals surface area contributed by atoms with Gasteiger partial charge in [0.25, 0.3) is 0 Å². The highest BCUT2D eigenvalue weighted by Gasteiger charge is 2.20. The molecule has 0 saturated heterocycles. The van der Waals surface area contributed by atoms with Crippen molar-refractivity contribution in [1.29, 1.82) is 0 Å². The fraction of sp³-hybridized carbons (Fsp3) is 0.230. The number of thiazole rings is 1. The molecule has 0 unspecified atom stereocenters. The van der Waals surface area contributed by atoms with Crippen molar-refractivity contribution in [3.05, 3.63) is 192 Å². The highest BCUT2D eigenvalue weighted by molar-refractivity contribution is 7.21. The molecule has 0 radical (unpaired) electrons. The summed E-state index contributed by atoms with van der Waals surface area (Å²) in [6.07, 6.45) is 11.9. The molecule has 0 saturated carbocycles. The van der Waals surface area contributed by atoms with E-state index >= 15 is 0 Å². The molecule has 1 N–H and O–H groups in total. The Labute approximate surface area is 420 Å². The molecule has 0 aliphatic heterocycles. The lowest BCUT2D eigenvalue weighted by molar-refractivity contribution is 0.0695. The first kappa shape index (κ1) is 51.1. The highest BCUT2D eigenvalue weighted by atomic mass is 32.1. The van der Waals surface area contributed by atoms with Crippen molar-refractivity contribution >= 4 is 33.5 Å². The van der Waals surface area contributed by atoms with E-state index in [4.69, 9.17) is 28.7 Å². The van der Waals surface area contributed by atoms with E-state index in [-0.39, 0.29) is 11.3 Å². The van der Waals surface area contributed by atoms with Crippen molar-refractivity contribution < 1.29 is 38.4 Å². The number of rotatable bonds is 25. The molecule has 0 amide bonds. The van der Waals surface area contributed by atoms with E-state index in [1.54, 1.807) is 66.7 Å². The van der Waals surface area contributed by atoms with Crippen LogP contribution in [0, 0.1) is 23.7 Å². The van der Waals surface area contributed by atoms with E-state index in [9.17, 15) is 14.7 Å². The van der Waals surface area contributed by atoms with E-state index in [2.05, 4.69) is 36.8 Å². The van der Waals surface area contributed by atoms with E-state index in [1.807, 2.05) is 78.9 Å². The van der Waals surface area contributed by atoms with Crippen LogP contribution in [-0.2, 0) is 9.47 Å². The minimum Gasteiger partial charge on any atom is -0.494 e. The molecule has 0 atom stereocenters. The van der Waals surface area contributed by atoms with Crippen LogP contribution in [0.1, 0.15) is 94.3 Å². The van der Waals surface area contributed by atoms with Gasteiger partial charge >= 0.3 is 11.9 Å². The van der Waals surface area contributed by atoms with Crippen LogP contribution in [-0.4, -0.2) is 61.7 Å². The molecule has 0 aliphatic rings. The van der Waals surface area contributed by atoms with Gasteiger partial charge in [-0.25, -0.2) is 14.6 Å². The summed E-state index contributed by atoms with van der Waals surface area (Å²) < 4.78 is 29.8. The Morgan fingerprint density at radius 1 is 0.563 bits per heavy atom. The number of para-hydroxylation sites is 1. The van der Waals surface area contributed by atoms with Crippen molar-refractivity contribution in [2.45, 2.75) is 51.4 Å². The van der Waals surface area contributed by atoms with E-state index < -0.39 is 11.9 Å². The number of aromatic carboxylic acids is 1. The molecule has 0 fully saturated rings. The standard InChI is InChI=1S/C61H57NO8S/c1-3-37-66-39-11-5-7-13-41-68-51-31-23-46(24-32-51)18-17-45-21-28-49(29-22-45)61(65)70-57-36-30-50(44-55(57)59-62-56-15-9-10-16-58(56)71-59)54-43-48(27-35-53(54)60(63)64)20-19-47-25-33-52(34-26-47)69-42-14-8-6-12-40-67-38-4-2/h3-4,9-10,15-16,21-36,43-44H,1-2,5-8,11-14,37-42H2,(H,63,64). The van der Waals surface area contributed by atoms with Crippen LogP contribution in [0.15, 0.2) is 159 Å². The summed E-state index contributed by atoms with van der Waals surface area (Å²) in [5.41, 5.74) is 5.84. The number of aromatic nitrogens is 1. The Morgan fingerprint density at radius 2 is 1.08 bits per heavy atom. The van der Waals surface area contributed by atoms with Gasteiger partial charge in [0, 0.05) is 35.5 Å². The Bertz CT molecular complexity index is 2970. The second kappa shape index (κ2) is 27.5. The fourth-order valence-electron chi connectivity index (χ4n) is 7.43. The Morgan fingerprint density at radius 3 is 1.63 bits per heavy atom. The zero-order valence-electron chi connectivity index (χ0n) is 39.8. The van der Waals surface area contributed by atoms with E-state index in [0.29, 0.717) is 59.3 Å². The highest BCUT2D eigenvalue weighted by Crippen LogP contribution is 2.40. The SMILES string of the molecule is C=CCOCCCCCCOc1ccc(C#Cc2ccc(C(=O)Oc3ccc(-c4cc(C#Cc5ccc(OCCCCCCOCC=C)cc5)ccc4C(=O)O)cc3-c3nc4ccccc4s3)cc2)cc1. The molecule has 0 aliphatic carbocycles. The summed E-state index contributed by atoms with van der Waals surface area (Å²) in [5, 5.41) is 10.9. The number of fused-ring (bicyclic) bond motifs is 1. The summed E-state index contributed by atoms with van der Waals surface area (Å²) in [6, 6.07) is 40.3. The maximum Gasteiger partial charge on any atom is 0.343 e. The average molecular weight is 964 g/mol. The summed E-state index contributed by atoms with van der Waals surface area (Å²) in [4.78, 5) is 31.2. The minimum absolute atomic E-state index is 0.103. The minimum atomic E-state index is -1.08. The molecule has 9 nitrogen and oxygen atoms in total. The Balaban J connectivity index is 1.01. The van der Waals surface area contributed by atoms with Crippen LogP contribution in [0.2, 0.25) is 0 Å². The number of hydrogen-bond acceptors (Lipinski definition) is 9. The number of carbonyl (C=O) groups is 2. The fourth-order valence-corrected chi connectivity index (χ4v) is 8.41.